The summed E-state index contributed by atoms with van der Waals surface area (Å²) < 4.78 is 5.44. The number of phenols is 1. The zero-order chi connectivity index (χ0) is 20.9. The summed E-state index contributed by atoms with van der Waals surface area (Å²) in [5.41, 5.74) is 2.95. The second-order valence-electron chi connectivity index (χ2n) is 7.88. The van der Waals surface area contributed by atoms with Gasteiger partial charge in [0.25, 0.3) is 11.8 Å². The Morgan fingerprint density at radius 2 is 1.87 bits per heavy atom. The number of aromatic nitrogens is 2. The highest BCUT2D eigenvalue weighted by atomic mass is 16.5. The number of aryl methyl sites for hydroxylation is 2. The monoisotopic (exact) mass is 404 g/mol. The highest BCUT2D eigenvalue weighted by Crippen LogP contribution is 2.35. The molecule has 0 radical (unpaired) electrons. The highest BCUT2D eigenvalue weighted by Gasteiger charge is 2.43. The highest BCUT2D eigenvalue weighted by molar-refractivity contribution is 6.07. The molecule has 30 heavy (non-hydrogen) atoms. The number of amides is 3. The van der Waals surface area contributed by atoms with E-state index in [1.165, 1.54) is 11.1 Å². The molecule has 8 nitrogen and oxygen atoms in total. The third kappa shape index (κ3) is 2.92. The molecule has 3 amide bonds. The van der Waals surface area contributed by atoms with Crippen molar-refractivity contribution < 1.29 is 19.2 Å². The lowest BCUT2D eigenvalue weighted by Crippen LogP contribution is -2.40. The molecule has 1 aliphatic carbocycles. The molecule has 1 aliphatic heterocycles. The summed E-state index contributed by atoms with van der Waals surface area (Å²) >= 11 is 0. The van der Waals surface area contributed by atoms with Gasteiger partial charge in [-0.1, -0.05) is 23.4 Å². The van der Waals surface area contributed by atoms with Crippen LogP contribution < -0.4 is 10.6 Å². The summed E-state index contributed by atoms with van der Waals surface area (Å²) in [7, 11) is 0. The van der Waals surface area contributed by atoms with Crippen LogP contribution in [0.25, 0.3) is 22.8 Å². The third-order valence-electron chi connectivity index (χ3n) is 5.86. The Balaban J connectivity index is 1.50. The zero-order valence-electron chi connectivity index (χ0n) is 16.4. The number of imide groups is 1. The van der Waals surface area contributed by atoms with Crippen molar-refractivity contribution in [2.24, 2.45) is 0 Å². The first-order valence-electron chi connectivity index (χ1n) is 9.87. The fourth-order valence-corrected chi connectivity index (χ4v) is 4.11. The second kappa shape index (κ2) is 6.69. The molecule has 0 bridgehead atoms. The largest absolute Gasteiger partial charge is 0.507 e. The maximum Gasteiger partial charge on any atom is 0.322 e. The van der Waals surface area contributed by atoms with Crippen molar-refractivity contribution in [1.29, 1.82) is 0 Å². The molecular formula is C22H20N4O4. The number of benzene rings is 2. The van der Waals surface area contributed by atoms with Gasteiger partial charge >= 0.3 is 6.03 Å². The van der Waals surface area contributed by atoms with Gasteiger partial charge in [0.2, 0.25) is 5.82 Å². The Morgan fingerprint density at radius 1 is 1.10 bits per heavy atom. The molecular weight excluding hydrogens is 384 g/mol. The van der Waals surface area contributed by atoms with E-state index in [0.717, 1.165) is 25.7 Å². The van der Waals surface area contributed by atoms with E-state index in [4.69, 9.17) is 4.52 Å². The molecule has 1 aromatic heterocycles. The van der Waals surface area contributed by atoms with Gasteiger partial charge in [-0.2, -0.15) is 4.98 Å². The van der Waals surface area contributed by atoms with Gasteiger partial charge in [-0.15, -0.1) is 0 Å². The summed E-state index contributed by atoms with van der Waals surface area (Å²) in [6, 6.07) is 10.2. The van der Waals surface area contributed by atoms with Crippen LogP contribution in [0.4, 0.5) is 4.79 Å². The van der Waals surface area contributed by atoms with E-state index in [1.807, 2.05) is 6.07 Å². The minimum absolute atomic E-state index is 0.123. The van der Waals surface area contributed by atoms with Crippen LogP contribution in [0, 0.1) is 0 Å². The Kier molecular flexibility index (Phi) is 4.09. The molecule has 3 aromatic rings. The van der Waals surface area contributed by atoms with Gasteiger partial charge in [0, 0.05) is 5.56 Å². The van der Waals surface area contributed by atoms with Gasteiger partial charge in [0.1, 0.15) is 11.3 Å². The second-order valence-corrected chi connectivity index (χ2v) is 7.88. The minimum atomic E-state index is -1.17. The first kappa shape index (κ1) is 18.4. The molecule has 1 atom stereocenters. The molecule has 1 saturated heterocycles. The molecule has 2 aromatic carbocycles. The lowest BCUT2D eigenvalue weighted by atomic mass is 9.90. The molecule has 2 heterocycles. The number of hydrogen-bond acceptors (Lipinski definition) is 6. The fraction of sp³-hybridized carbons (Fsp3) is 0.273. The van der Waals surface area contributed by atoms with Crippen molar-refractivity contribution in [2.75, 3.05) is 0 Å². The van der Waals surface area contributed by atoms with Crippen LogP contribution in [0.3, 0.4) is 0 Å². The van der Waals surface area contributed by atoms with Gasteiger partial charge in [-0.05, 0) is 67.5 Å². The first-order chi connectivity index (χ1) is 14.4. The summed E-state index contributed by atoms with van der Waals surface area (Å²) in [4.78, 5) is 28.3. The average Bonchev–Trinajstić information content (AvgIpc) is 3.32. The Hall–Kier alpha value is -3.68. The van der Waals surface area contributed by atoms with Gasteiger partial charge in [0.05, 0.1) is 5.56 Å². The predicted molar refractivity (Wildman–Crippen MR) is 108 cm³/mol. The van der Waals surface area contributed by atoms with E-state index in [2.05, 4.69) is 20.8 Å². The van der Waals surface area contributed by atoms with Crippen molar-refractivity contribution in [3.05, 3.63) is 53.1 Å². The number of carbonyl (C=O) groups is 2. The summed E-state index contributed by atoms with van der Waals surface area (Å²) in [5, 5.41) is 19.4. The van der Waals surface area contributed by atoms with E-state index in [0.29, 0.717) is 22.5 Å². The number of urea groups is 1. The summed E-state index contributed by atoms with van der Waals surface area (Å²) in [5.74, 6) is 0.270. The van der Waals surface area contributed by atoms with E-state index in [9.17, 15) is 14.7 Å². The van der Waals surface area contributed by atoms with Crippen molar-refractivity contribution in [2.45, 2.75) is 38.1 Å². The third-order valence-corrected chi connectivity index (χ3v) is 5.86. The lowest BCUT2D eigenvalue weighted by Gasteiger charge is -2.21. The SMILES string of the molecule is CC1(c2cccc(-c3noc(-c4cc5c(cc4O)CCCC5)n3)c2)NC(=O)NC1=O. The molecule has 3 N–H and O–H groups in total. The van der Waals surface area contributed by atoms with E-state index < -0.39 is 17.5 Å². The van der Waals surface area contributed by atoms with E-state index in [-0.39, 0.29) is 11.6 Å². The Labute approximate surface area is 172 Å². The molecule has 1 unspecified atom stereocenters. The number of hydrogen-bond donors (Lipinski definition) is 3. The first-order valence-corrected chi connectivity index (χ1v) is 9.87. The number of phenolic OH excluding ortho intramolecular Hbond substituents is 1. The maximum absolute atomic E-state index is 12.2. The van der Waals surface area contributed by atoms with E-state index >= 15 is 0 Å². The van der Waals surface area contributed by atoms with Crippen molar-refractivity contribution in [3.8, 4) is 28.6 Å². The Morgan fingerprint density at radius 3 is 2.60 bits per heavy atom. The Bertz CT molecular complexity index is 1190. The summed E-state index contributed by atoms with van der Waals surface area (Å²) in [6.45, 7) is 1.64. The minimum Gasteiger partial charge on any atom is -0.507 e. The predicted octanol–water partition coefficient (Wildman–Crippen LogP) is 3.04. The zero-order valence-corrected chi connectivity index (χ0v) is 16.4. The van der Waals surface area contributed by atoms with Crippen LogP contribution in [-0.2, 0) is 23.2 Å². The number of rotatable bonds is 3. The van der Waals surface area contributed by atoms with Gasteiger partial charge in [0.15, 0.2) is 0 Å². The van der Waals surface area contributed by atoms with E-state index in [1.54, 1.807) is 37.3 Å². The van der Waals surface area contributed by atoms with Crippen LogP contribution in [-0.4, -0.2) is 27.2 Å². The maximum atomic E-state index is 12.2. The summed E-state index contributed by atoms with van der Waals surface area (Å²) in [6.07, 6.45) is 4.19. The van der Waals surface area contributed by atoms with Crippen molar-refractivity contribution in [3.63, 3.8) is 0 Å². The smallest absolute Gasteiger partial charge is 0.322 e. The number of carbonyl (C=O) groups excluding carboxylic acids is 2. The van der Waals surface area contributed by atoms with Gasteiger partial charge in [-0.25, -0.2) is 4.79 Å². The van der Waals surface area contributed by atoms with Crippen LogP contribution in [0.5, 0.6) is 5.75 Å². The molecule has 1 fully saturated rings. The molecule has 2 aliphatic rings. The molecule has 152 valence electrons. The molecule has 5 rings (SSSR count). The molecule has 0 spiro atoms. The number of nitrogens with zero attached hydrogens (tertiary/aromatic N) is 2. The van der Waals surface area contributed by atoms with Gasteiger partial charge < -0.3 is 14.9 Å². The molecule has 8 heteroatoms. The standard InChI is InChI=1S/C22H20N4O4/c1-22(20(28)24-21(29)25-22)15-8-4-7-14(9-15)18-23-19(30-26-18)16-10-12-5-2-3-6-13(12)11-17(16)27/h4,7-11,27H,2-3,5-6H2,1H3,(H2,24,25,28,29). The van der Waals surface area contributed by atoms with Crippen molar-refractivity contribution >= 4 is 11.9 Å². The average molecular weight is 404 g/mol. The quantitative estimate of drug-likeness (QED) is 0.578. The van der Waals surface area contributed by atoms with Crippen LogP contribution in [0.1, 0.15) is 36.5 Å². The van der Waals surface area contributed by atoms with Crippen LogP contribution in [0.15, 0.2) is 40.9 Å². The van der Waals surface area contributed by atoms with Crippen molar-refractivity contribution in [1.82, 2.24) is 20.8 Å². The fourth-order valence-electron chi connectivity index (χ4n) is 4.11. The number of fused-ring (bicyclic) bond motifs is 1. The van der Waals surface area contributed by atoms with Gasteiger partial charge in [-0.3, -0.25) is 10.1 Å². The molecule has 0 saturated carbocycles. The van der Waals surface area contributed by atoms with Crippen LogP contribution in [0.2, 0.25) is 0 Å². The number of aromatic hydroxyl groups is 1. The lowest BCUT2D eigenvalue weighted by molar-refractivity contribution is -0.123. The normalized spacial score (nSPS) is 20.6. The van der Waals surface area contributed by atoms with Crippen LogP contribution >= 0.6 is 0 Å². The number of nitrogens with one attached hydrogen (secondary N) is 2. The topological polar surface area (TPSA) is 117 Å².